The second kappa shape index (κ2) is 21.6. The van der Waals surface area contributed by atoms with Gasteiger partial charge in [-0.1, -0.05) is 109 Å². The summed E-state index contributed by atoms with van der Waals surface area (Å²) in [5.41, 5.74) is 6.91. The van der Waals surface area contributed by atoms with Gasteiger partial charge in [0.15, 0.2) is 0 Å². The van der Waals surface area contributed by atoms with Crippen molar-refractivity contribution in [1.29, 1.82) is 0 Å². The van der Waals surface area contributed by atoms with Crippen LogP contribution in [0.3, 0.4) is 0 Å². The first-order chi connectivity index (χ1) is 32.3. The van der Waals surface area contributed by atoms with E-state index in [2.05, 4.69) is 69.0 Å². The molecule has 2 N–H and O–H groups in total. The van der Waals surface area contributed by atoms with Crippen LogP contribution in [0.25, 0.3) is 10.8 Å². The number of amides is 1. The lowest BCUT2D eigenvalue weighted by molar-refractivity contribution is -0.256. The molecule has 0 bridgehead atoms. The zero-order valence-electron chi connectivity index (χ0n) is 38.6. The quantitative estimate of drug-likeness (QED) is 0.0450. The number of rotatable bonds is 20. The fraction of sp³-hybridized carbons (Fsp3) is 0.393. The first kappa shape index (κ1) is 46.6. The number of carbonyl (C=O) groups excluding carboxylic acids is 1. The van der Waals surface area contributed by atoms with Crippen molar-refractivity contribution in [3.63, 3.8) is 0 Å². The predicted molar refractivity (Wildman–Crippen MR) is 259 cm³/mol. The molecule has 0 saturated heterocycles. The number of aliphatic hydroxyl groups is 2. The third-order valence-electron chi connectivity index (χ3n) is 13.7. The number of ether oxygens (including phenoxy) is 4. The average Bonchev–Trinajstić information content (AvgIpc) is 3.33. The largest absolute Gasteiger partial charge is 0.459 e. The maximum atomic E-state index is 14.8. The Morgan fingerprint density at radius 3 is 2.39 bits per heavy atom. The van der Waals surface area contributed by atoms with Crippen molar-refractivity contribution in [2.75, 3.05) is 26.4 Å². The van der Waals surface area contributed by atoms with Crippen LogP contribution in [-0.4, -0.2) is 65.2 Å². The standard InChI is InChI=1S/C56H64N2O8/c1-5-31-63-56-52(58(55(61)62-6-2)36-43-22-16-21-41-19-10-11-23-46(41)43)35-50(57-64-37-40-17-8-7-9-18-40)48-33-42(20-12-14-29-59)47(24-13-15-30-60)53(54(48)56)49-34-45(27-28-51(49)66-56)65-44-26-25-38(3)39(4)32-44/h5,7-11,16-19,21-23,25-28,32-34,42,47,52-54,59-60H,1,6,12-15,20,24,29-31,35-37H2,2-4H3. The minimum atomic E-state index is -1.45. The van der Waals surface area contributed by atoms with Crippen LogP contribution in [0.4, 0.5) is 4.79 Å². The van der Waals surface area contributed by atoms with Crippen LogP contribution in [0.5, 0.6) is 17.2 Å². The van der Waals surface area contributed by atoms with Gasteiger partial charge >= 0.3 is 6.09 Å². The van der Waals surface area contributed by atoms with E-state index in [-0.39, 0.29) is 63.8 Å². The molecule has 1 aliphatic heterocycles. The summed E-state index contributed by atoms with van der Waals surface area (Å²) < 4.78 is 27.3. The summed E-state index contributed by atoms with van der Waals surface area (Å²) in [7, 11) is 0. The second-order valence-corrected chi connectivity index (χ2v) is 17.8. The Labute approximate surface area is 389 Å². The lowest BCUT2D eigenvalue weighted by Gasteiger charge is -2.59. The first-order valence-electron chi connectivity index (χ1n) is 23.7. The minimum Gasteiger partial charge on any atom is -0.459 e. The summed E-state index contributed by atoms with van der Waals surface area (Å²) in [5, 5.41) is 27.2. The molecule has 5 aromatic carbocycles. The molecule has 1 saturated carbocycles. The van der Waals surface area contributed by atoms with Gasteiger partial charge in [-0.05, 0) is 127 Å². The lowest BCUT2D eigenvalue weighted by Crippen LogP contribution is -2.70. The number of fused-ring (bicyclic) bond motifs is 3. The molecule has 0 radical (unpaired) electrons. The van der Waals surface area contributed by atoms with Gasteiger partial charge in [-0.2, -0.15) is 0 Å². The van der Waals surface area contributed by atoms with Gasteiger partial charge in [-0.3, -0.25) is 4.90 Å². The molecule has 346 valence electrons. The summed E-state index contributed by atoms with van der Waals surface area (Å²) in [6, 6.07) is 35.7. The third-order valence-corrected chi connectivity index (χ3v) is 13.7. The molecule has 8 rings (SSSR count). The van der Waals surface area contributed by atoms with Crippen LogP contribution in [0.2, 0.25) is 0 Å². The van der Waals surface area contributed by atoms with Crippen molar-refractivity contribution in [2.24, 2.45) is 22.9 Å². The summed E-state index contributed by atoms with van der Waals surface area (Å²) in [5.74, 6) is 0.0377. The molecule has 2 aliphatic carbocycles. The highest BCUT2D eigenvalue weighted by molar-refractivity contribution is 6.03. The van der Waals surface area contributed by atoms with Gasteiger partial charge in [-0.15, -0.1) is 6.58 Å². The van der Waals surface area contributed by atoms with E-state index in [1.165, 1.54) is 5.56 Å². The highest BCUT2D eigenvalue weighted by Crippen LogP contribution is 2.62. The van der Waals surface area contributed by atoms with E-state index in [0.717, 1.165) is 70.0 Å². The van der Waals surface area contributed by atoms with Gasteiger partial charge in [0.2, 0.25) is 5.79 Å². The molecule has 1 heterocycles. The second-order valence-electron chi connectivity index (χ2n) is 17.8. The highest BCUT2D eigenvalue weighted by atomic mass is 16.7. The maximum absolute atomic E-state index is 14.8. The molecule has 5 aromatic rings. The Morgan fingerprint density at radius 2 is 1.62 bits per heavy atom. The normalized spacial score (nSPS) is 22.4. The molecule has 10 nitrogen and oxygen atoms in total. The first-order valence-corrected chi connectivity index (χ1v) is 23.7. The zero-order valence-corrected chi connectivity index (χ0v) is 38.6. The Kier molecular flexibility index (Phi) is 15.2. The number of allylic oxidation sites excluding steroid dienone is 1. The van der Waals surface area contributed by atoms with E-state index < -0.39 is 23.8 Å². The molecule has 3 aliphatic rings. The summed E-state index contributed by atoms with van der Waals surface area (Å²) in [6.07, 6.45) is 8.47. The van der Waals surface area contributed by atoms with Crippen LogP contribution in [-0.2, 0) is 27.5 Å². The number of nitrogens with zero attached hydrogens (tertiary/aromatic N) is 2. The van der Waals surface area contributed by atoms with Gasteiger partial charge in [0.25, 0.3) is 0 Å². The SMILES string of the molecule is C=CCOC12Oc3ccc(Oc4ccc(C)c(C)c4)cc3C3C(CCCCO)C(CCCCO)C=C(C(=NOCc4ccccc4)CC1N(Cc1cccc4ccccc14)C(=O)OCC)C32. The van der Waals surface area contributed by atoms with E-state index in [9.17, 15) is 15.0 Å². The molecule has 6 unspecified atom stereocenters. The van der Waals surface area contributed by atoms with Crippen LogP contribution < -0.4 is 9.47 Å². The molecule has 1 amide bonds. The van der Waals surface area contributed by atoms with Gasteiger partial charge in [0.05, 0.1) is 31.4 Å². The summed E-state index contributed by atoms with van der Waals surface area (Å²) in [4.78, 5) is 22.9. The van der Waals surface area contributed by atoms with Crippen LogP contribution in [0.15, 0.2) is 139 Å². The van der Waals surface area contributed by atoms with Gasteiger partial charge in [0, 0.05) is 31.1 Å². The molecular formula is C56H64N2O8. The minimum absolute atomic E-state index is 0.0505. The van der Waals surface area contributed by atoms with Crippen molar-refractivity contribution in [3.05, 3.63) is 161 Å². The lowest BCUT2D eigenvalue weighted by atomic mass is 9.55. The topological polar surface area (TPSA) is 119 Å². The number of hydrogen-bond donors (Lipinski definition) is 2. The molecule has 6 atom stereocenters. The fourth-order valence-electron chi connectivity index (χ4n) is 10.5. The van der Waals surface area contributed by atoms with Gasteiger partial charge in [-0.25, -0.2) is 4.79 Å². The van der Waals surface area contributed by atoms with E-state index in [1.54, 1.807) is 11.0 Å². The number of oxime groups is 1. The fourth-order valence-corrected chi connectivity index (χ4v) is 10.5. The Bertz CT molecular complexity index is 2520. The molecule has 0 spiro atoms. The number of aryl methyl sites for hydroxylation is 2. The monoisotopic (exact) mass is 892 g/mol. The highest BCUT2D eigenvalue weighted by Gasteiger charge is 2.65. The van der Waals surface area contributed by atoms with Crippen LogP contribution >= 0.6 is 0 Å². The smallest absolute Gasteiger partial charge is 0.410 e. The number of benzene rings is 5. The van der Waals surface area contributed by atoms with E-state index in [4.69, 9.17) is 28.9 Å². The summed E-state index contributed by atoms with van der Waals surface area (Å²) >= 11 is 0. The van der Waals surface area contributed by atoms with Crippen molar-refractivity contribution in [3.8, 4) is 17.2 Å². The Morgan fingerprint density at radius 1 is 0.879 bits per heavy atom. The van der Waals surface area contributed by atoms with Gasteiger partial charge in [0.1, 0.15) is 29.9 Å². The number of hydrogen-bond acceptors (Lipinski definition) is 9. The van der Waals surface area contributed by atoms with Crippen molar-refractivity contribution in [2.45, 2.75) is 96.6 Å². The maximum Gasteiger partial charge on any atom is 0.410 e. The van der Waals surface area contributed by atoms with E-state index in [1.807, 2.05) is 73.7 Å². The molecule has 0 aromatic heterocycles. The van der Waals surface area contributed by atoms with Crippen LogP contribution in [0.1, 0.15) is 85.6 Å². The molecule has 10 heteroatoms. The number of carbonyl (C=O) groups is 1. The van der Waals surface area contributed by atoms with Crippen LogP contribution in [0, 0.1) is 31.6 Å². The number of unbranched alkanes of at least 4 members (excludes halogenated alkanes) is 2. The molecule has 1 fully saturated rings. The molecular weight excluding hydrogens is 829 g/mol. The Balaban J connectivity index is 1.35. The van der Waals surface area contributed by atoms with E-state index >= 15 is 0 Å². The molecule has 66 heavy (non-hydrogen) atoms. The predicted octanol–water partition coefficient (Wildman–Crippen LogP) is 11.7. The van der Waals surface area contributed by atoms with Gasteiger partial charge < -0.3 is 34.0 Å². The van der Waals surface area contributed by atoms with Crippen molar-refractivity contribution in [1.82, 2.24) is 4.90 Å². The van der Waals surface area contributed by atoms with Crippen molar-refractivity contribution >= 4 is 22.6 Å². The number of aliphatic hydroxyl groups excluding tert-OH is 2. The van der Waals surface area contributed by atoms with E-state index in [0.29, 0.717) is 30.1 Å². The summed E-state index contributed by atoms with van der Waals surface area (Å²) in [6.45, 7) is 11.1. The third kappa shape index (κ3) is 9.92. The zero-order chi connectivity index (χ0) is 46.0. The average molecular weight is 893 g/mol. The Hall–Kier alpha value is -5.94. The van der Waals surface area contributed by atoms with Crippen molar-refractivity contribution < 1.29 is 38.8 Å².